The summed E-state index contributed by atoms with van der Waals surface area (Å²) in [6, 6.07) is 7.14. The molecule has 2 aromatic rings. The smallest absolute Gasteiger partial charge is 0.237 e. The highest BCUT2D eigenvalue weighted by Gasteiger charge is 2.37. The van der Waals surface area contributed by atoms with Crippen molar-refractivity contribution in [2.24, 2.45) is 5.92 Å². The van der Waals surface area contributed by atoms with Crippen LogP contribution in [-0.2, 0) is 17.8 Å². The summed E-state index contributed by atoms with van der Waals surface area (Å²) in [6.07, 6.45) is 5.93. The lowest BCUT2D eigenvalue weighted by atomic mass is 9.89. The van der Waals surface area contributed by atoms with Gasteiger partial charge in [0.1, 0.15) is 0 Å². The van der Waals surface area contributed by atoms with Gasteiger partial charge in [-0.1, -0.05) is 18.6 Å². The van der Waals surface area contributed by atoms with Crippen molar-refractivity contribution in [1.82, 2.24) is 14.4 Å². The van der Waals surface area contributed by atoms with Gasteiger partial charge in [-0.2, -0.15) is 0 Å². The standard InChI is InChI=1S/C23H31N3O/c1-16-8-10-24(11-9-16)15-22(27)25-12-13-26-20-7-6-17(2)14-19(20)18-4-3-5-21(25)23(18)26/h6-7,14,16,21H,3-5,8-13,15H2,1-2H3. The number of carbonyl (C=O) groups is 1. The molecule has 0 spiro atoms. The average molecular weight is 366 g/mol. The van der Waals surface area contributed by atoms with Crippen LogP contribution in [0.25, 0.3) is 10.9 Å². The van der Waals surface area contributed by atoms with Gasteiger partial charge in [-0.05, 0) is 75.7 Å². The Balaban J connectivity index is 1.44. The first kappa shape index (κ1) is 17.3. The molecule has 1 fully saturated rings. The largest absolute Gasteiger partial charge is 0.341 e. The summed E-state index contributed by atoms with van der Waals surface area (Å²) < 4.78 is 2.51. The van der Waals surface area contributed by atoms with E-state index in [1.807, 2.05) is 0 Å². The lowest BCUT2D eigenvalue weighted by Gasteiger charge is -2.41. The van der Waals surface area contributed by atoms with Gasteiger partial charge in [0.05, 0.1) is 12.6 Å². The fourth-order valence-electron chi connectivity index (χ4n) is 5.52. The molecule has 1 atom stereocenters. The highest BCUT2D eigenvalue weighted by molar-refractivity contribution is 5.88. The Morgan fingerprint density at radius 2 is 1.93 bits per heavy atom. The number of benzene rings is 1. The number of aryl methyl sites for hydroxylation is 2. The minimum atomic E-state index is 0.284. The van der Waals surface area contributed by atoms with E-state index in [9.17, 15) is 4.79 Å². The molecule has 1 aromatic heterocycles. The minimum absolute atomic E-state index is 0.284. The molecule has 0 N–H and O–H groups in total. The summed E-state index contributed by atoms with van der Waals surface area (Å²) in [5, 5.41) is 1.43. The number of nitrogens with zero attached hydrogens (tertiary/aromatic N) is 3. The lowest BCUT2D eigenvalue weighted by Crippen LogP contribution is -2.48. The Morgan fingerprint density at radius 1 is 1.11 bits per heavy atom. The number of likely N-dealkylation sites (tertiary alicyclic amines) is 1. The Kier molecular flexibility index (Phi) is 4.27. The molecule has 144 valence electrons. The molecule has 4 nitrogen and oxygen atoms in total. The maximum absolute atomic E-state index is 13.2. The number of amides is 1. The van der Waals surface area contributed by atoms with Gasteiger partial charge in [-0.3, -0.25) is 9.69 Å². The van der Waals surface area contributed by atoms with Crippen LogP contribution in [-0.4, -0.2) is 46.5 Å². The second-order valence-electron chi connectivity index (χ2n) is 8.99. The highest BCUT2D eigenvalue weighted by atomic mass is 16.2. The van der Waals surface area contributed by atoms with Crippen molar-refractivity contribution >= 4 is 16.8 Å². The molecule has 27 heavy (non-hydrogen) atoms. The molecule has 1 unspecified atom stereocenters. The fourth-order valence-corrected chi connectivity index (χ4v) is 5.52. The van der Waals surface area contributed by atoms with Gasteiger partial charge < -0.3 is 9.47 Å². The van der Waals surface area contributed by atoms with Crippen LogP contribution in [0.15, 0.2) is 18.2 Å². The van der Waals surface area contributed by atoms with E-state index < -0.39 is 0 Å². The van der Waals surface area contributed by atoms with Gasteiger partial charge in [0.15, 0.2) is 0 Å². The number of carbonyl (C=O) groups excluding carboxylic acids is 1. The van der Waals surface area contributed by atoms with E-state index in [0.717, 1.165) is 44.9 Å². The number of hydrogen-bond donors (Lipinski definition) is 0. The van der Waals surface area contributed by atoms with Crippen molar-refractivity contribution in [2.45, 2.75) is 58.5 Å². The topological polar surface area (TPSA) is 28.5 Å². The van der Waals surface area contributed by atoms with Crippen molar-refractivity contribution in [3.63, 3.8) is 0 Å². The molecule has 2 aliphatic heterocycles. The molecule has 4 heteroatoms. The second kappa shape index (κ2) is 6.66. The third kappa shape index (κ3) is 2.89. The number of rotatable bonds is 2. The van der Waals surface area contributed by atoms with Crippen LogP contribution in [0.5, 0.6) is 0 Å². The quantitative estimate of drug-likeness (QED) is 0.807. The average Bonchev–Trinajstić information content (AvgIpc) is 2.99. The van der Waals surface area contributed by atoms with Gasteiger partial charge in [0, 0.05) is 29.7 Å². The van der Waals surface area contributed by atoms with Crippen LogP contribution in [0.2, 0.25) is 0 Å². The fraction of sp³-hybridized carbons (Fsp3) is 0.609. The molecule has 5 rings (SSSR count). The zero-order chi connectivity index (χ0) is 18.5. The van der Waals surface area contributed by atoms with E-state index in [4.69, 9.17) is 0 Å². The minimum Gasteiger partial charge on any atom is -0.341 e. The summed E-state index contributed by atoms with van der Waals surface area (Å²) in [6.45, 7) is 9.07. The van der Waals surface area contributed by atoms with E-state index in [-0.39, 0.29) is 6.04 Å². The Labute approximate surface area is 162 Å². The zero-order valence-corrected chi connectivity index (χ0v) is 16.7. The van der Waals surface area contributed by atoms with Crippen molar-refractivity contribution < 1.29 is 4.79 Å². The first-order valence-electron chi connectivity index (χ1n) is 10.8. The summed E-state index contributed by atoms with van der Waals surface area (Å²) in [5.74, 6) is 1.15. The molecule has 0 saturated carbocycles. The molecule has 1 amide bonds. The van der Waals surface area contributed by atoms with Crippen LogP contribution in [0.4, 0.5) is 0 Å². The van der Waals surface area contributed by atoms with Crippen LogP contribution < -0.4 is 0 Å². The first-order chi connectivity index (χ1) is 13.1. The Hall–Kier alpha value is -1.81. The van der Waals surface area contributed by atoms with Crippen LogP contribution in [0.1, 0.15) is 55.5 Å². The van der Waals surface area contributed by atoms with Crippen LogP contribution in [0.3, 0.4) is 0 Å². The predicted molar refractivity (Wildman–Crippen MR) is 109 cm³/mol. The van der Waals surface area contributed by atoms with E-state index in [1.165, 1.54) is 47.0 Å². The van der Waals surface area contributed by atoms with Crippen molar-refractivity contribution in [1.29, 1.82) is 0 Å². The summed E-state index contributed by atoms with van der Waals surface area (Å²) in [5.41, 5.74) is 5.65. The second-order valence-corrected chi connectivity index (χ2v) is 8.99. The third-order valence-electron chi connectivity index (χ3n) is 7.08. The molecule has 1 aromatic carbocycles. The predicted octanol–water partition coefficient (Wildman–Crippen LogP) is 3.90. The molecule has 1 saturated heterocycles. The van der Waals surface area contributed by atoms with Crippen molar-refractivity contribution in [3.05, 3.63) is 35.0 Å². The maximum Gasteiger partial charge on any atom is 0.237 e. The summed E-state index contributed by atoms with van der Waals surface area (Å²) in [4.78, 5) is 17.8. The zero-order valence-electron chi connectivity index (χ0n) is 16.7. The molecule has 3 aliphatic rings. The summed E-state index contributed by atoms with van der Waals surface area (Å²) >= 11 is 0. The van der Waals surface area contributed by atoms with Gasteiger partial charge in [-0.15, -0.1) is 0 Å². The van der Waals surface area contributed by atoms with E-state index in [1.54, 1.807) is 0 Å². The number of hydrogen-bond acceptors (Lipinski definition) is 2. The maximum atomic E-state index is 13.2. The third-order valence-corrected chi connectivity index (χ3v) is 7.08. The number of aromatic nitrogens is 1. The van der Waals surface area contributed by atoms with Crippen molar-refractivity contribution in [2.75, 3.05) is 26.2 Å². The van der Waals surface area contributed by atoms with Gasteiger partial charge >= 0.3 is 0 Å². The van der Waals surface area contributed by atoms with Gasteiger partial charge in [-0.25, -0.2) is 0 Å². The van der Waals surface area contributed by atoms with E-state index >= 15 is 0 Å². The molecule has 0 radical (unpaired) electrons. The molecular formula is C23H31N3O. The Morgan fingerprint density at radius 3 is 2.74 bits per heavy atom. The molecule has 1 aliphatic carbocycles. The SMILES string of the molecule is Cc1ccc2c(c1)c1c3n2CCN(C(=O)CN2CCC(C)CC2)C3CCC1. The first-order valence-corrected chi connectivity index (χ1v) is 10.8. The lowest BCUT2D eigenvalue weighted by molar-refractivity contribution is -0.136. The highest BCUT2D eigenvalue weighted by Crippen LogP contribution is 2.42. The number of piperidine rings is 1. The summed E-state index contributed by atoms with van der Waals surface area (Å²) in [7, 11) is 0. The molecule has 0 bridgehead atoms. The number of fused-ring (bicyclic) bond motifs is 3. The van der Waals surface area contributed by atoms with Crippen LogP contribution >= 0.6 is 0 Å². The molecule has 3 heterocycles. The Bertz CT molecular complexity index is 875. The molecular weight excluding hydrogens is 334 g/mol. The van der Waals surface area contributed by atoms with Crippen LogP contribution in [0, 0.1) is 12.8 Å². The van der Waals surface area contributed by atoms with E-state index in [0.29, 0.717) is 12.5 Å². The van der Waals surface area contributed by atoms with E-state index in [2.05, 4.69) is 46.4 Å². The monoisotopic (exact) mass is 365 g/mol. The van der Waals surface area contributed by atoms with Gasteiger partial charge in [0.25, 0.3) is 0 Å². The van der Waals surface area contributed by atoms with Gasteiger partial charge in [0.2, 0.25) is 5.91 Å². The normalized spacial score (nSPS) is 23.6. The van der Waals surface area contributed by atoms with Crippen molar-refractivity contribution in [3.8, 4) is 0 Å².